The van der Waals surface area contributed by atoms with Crippen LogP contribution in [0, 0.1) is 11.4 Å². The third-order valence-electron chi connectivity index (χ3n) is 3.98. The van der Waals surface area contributed by atoms with Gasteiger partial charge in [-0.15, -0.1) is 12.8 Å². The van der Waals surface area contributed by atoms with Gasteiger partial charge in [0.25, 0.3) is 0 Å². The van der Waals surface area contributed by atoms with Gasteiger partial charge in [0, 0.05) is 0 Å². The van der Waals surface area contributed by atoms with Gasteiger partial charge in [-0.3, -0.25) is 0 Å². The molecule has 0 unspecified atom stereocenters. The van der Waals surface area contributed by atoms with Crippen molar-refractivity contribution in [3.05, 3.63) is 22.5 Å². The van der Waals surface area contributed by atoms with E-state index in [1.165, 1.54) is 64.2 Å². The van der Waals surface area contributed by atoms with Crippen molar-refractivity contribution >= 4 is 16.1 Å². The Bertz CT molecular complexity index is 350. The van der Waals surface area contributed by atoms with Gasteiger partial charge in [-0.05, 0) is 16.1 Å². The smallest absolute Gasteiger partial charge is 0.377 e. The van der Waals surface area contributed by atoms with Crippen molar-refractivity contribution in [2.75, 3.05) is 0 Å². The third-order valence-corrected chi connectivity index (χ3v) is 6.08. The van der Waals surface area contributed by atoms with Crippen LogP contribution in [0.1, 0.15) is 78.1 Å². The van der Waals surface area contributed by atoms with Crippen LogP contribution in [0.25, 0.3) is 0 Å². The first-order chi connectivity index (χ1) is 11.1. The molecule has 0 radical (unpaired) electrons. The van der Waals surface area contributed by atoms with Crippen LogP contribution >= 0.6 is 0 Å². The Hall–Kier alpha value is 1.11. The first kappa shape index (κ1) is 31.8. The fourth-order valence-electron chi connectivity index (χ4n) is 2.94. The molecule has 0 saturated heterocycles. The van der Waals surface area contributed by atoms with Crippen molar-refractivity contribution in [3.63, 3.8) is 0 Å². The topological polar surface area (TPSA) is 0 Å². The molecule has 0 aromatic heterocycles. The van der Waals surface area contributed by atoms with Crippen molar-refractivity contribution in [3.8, 4) is 0 Å². The van der Waals surface area contributed by atoms with Crippen LogP contribution in [0.5, 0.6) is 0 Å². The summed E-state index contributed by atoms with van der Waals surface area (Å²) in [5.74, 6) is 0. The van der Waals surface area contributed by atoms with Crippen LogP contribution in [0.2, 0.25) is 39.3 Å². The Morgan fingerprint density at radius 3 is 1.08 bits per heavy atom. The maximum absolute atomic E-state index is 3.97. The zero-order chi connectivity index (χ0) is 18.6. The minimum absolute atomic E-state index is 0. The van der Waals surface area contributed by atoms with Crippen LogP contribution in [0.4, 0.5) is 0 Å². The summed E-state index contributed by atoms with van der Waals surface area (Å²) in [5.41, 5.74) is 11.0. The van der Waals surface area contributed by atoms with Crippen molar-refractivity contribution in [1.29, 1.82) is 0 Å². The van der Waals surface area contributed by atoms with E-state index < -0.39 is 16.1 Å². The molecule has 0 bridgehead atoms. The number of hydrogen-bond acceptors (Lipinski definition) is 0. The SMILES string of the molecule is CCCCCCC(=[C-][Si](C)(C)C)C(=[C-][Si](C)(C)C)CCCCCC.[Li+].[Li+]. The monoisotopic (exact) mass is 378 g/mol. The molecule has 0 aromatic carbocycles. The van der Waals surface area contributed by atoms with Gasteiger partial charge in [0.05, 0.1) is 0 Å². The molecule has 0 aromatic rings. The molecule has 0 amide bonds. The maximum Gasteiger partial charge on any atom is 1.00 e. The van der Waals surface area contributed by atoms with Gasteiger partial charge in [0.15, 0.2) is 0 Å². The standard InChI is InChI=1S/C22H44Si2.2Li/c1-9-11-13-15-17-21(19-23(3,4)5)22(20-24(6,7)8)18-16-14-12-10-2;;/h9-18H2,1-8H3;;/q-2;2*+1. The first-order valence-corrected chi connectivity index (χ1v) is 17.4. The average molecular weight is 379 g/mol. The number of rotatable bonds is 13. The molecule has 0 N–H and O–H groups in total. The molecule has 142 valence electrons. The fourth-order valence-corrected chi connectivity index (χ4v) is 5.30. The Balaban J connectivity index is -0.00000264. The van der Waals surface area contributed by atoms with Crippen LogP contribution in [0.15, 0.2) is 11.1 Å². The molecule has 0 rings (SSSR count). The fraction of sp³-hybridized carbons (Fsp3) is 0.818. The Labute approximate surface area is 192 Å². The van der Waals surface area contributed by atoms with E-state index in [0.29, 0.717) is 0 Å². The molecule has 0 aliphatic rings. The van der Waals surface area contributed by atoms with E-state index in [-0.39, 0.29) is 37.7 Å². The summed E-state index contributed by atoms with van der Waals surface area (Å²) in [6.07, 6.45) is 13.2. The summed E-state index contributed by atoms with van der Waals surface area (Å²) in [5, 5.41) is 0. The minimum atomic E-state index is -1.31. The van der Waals surface area contributed by atoms with Gasteiger partial charge < -0.3 is 22.5 Å². The molecule has 0 aliphatic heterocycles. The van der Waals surface area contributed by atoms with E-state index in [2.05, 4.69) is 64.5 Å². The molecular formula is C22H44Li2Si2. The Morgan fingerprint density at radius 2 is 0.846 bits per heavy atom. The van der Waals surface area contributed by atoms with E-state index >= 15 is 0 Å². The summed E-state index contributed by atoms with van der Waals surface area (Å²) in [4.78, 5) is 0. The zero-order valence-electron chi connectivity index (χ0n) is 20.1. The number of allylic oxidation sites excluding steroid dienone is 2. The van der Waals surface area contributed by atoms with E-state index in [9.17, 15) is 0 Å². The number of hydrogen-bond donors (Lipinski definition) is 0. The van der Waals surface area contributed by atoms with E-state index in [1.54, 1.807) is 11.1 Å². The molecule has 0 heterocycles. The quantitative estimate of drug-likeness (QED) is 0.199. The normalized spacial score (nSPS) is 13.2. The molecular weight excluding hydrogens is 334 g/mol. The first-order valence-electron chi connectivity index (χ1n) is 10.4. The zero-order valence-corrected chi connectivity index (χ0v) is 22.1. The average Bonchev–Trinajstić information content (AvgIpc) is 2.43. The molecule has 0 nitrogen and oxygen atoms in total. The summed E-state index contributed by atoms with van der Waals surface area (Å²) in [7, 11) is -2.63. The second-order valence-corrected chi connectivity index (χ2v) is 18.8. The molecule has 0 spiro atoms. The van der Waals surface area contributed by atoms with Crippen LogP contribution in [-0.2, 0) is 0 Å². The Kier molecular flexibility index (Phi) is 20.8. The predicted molar refractivity (Wildman–Crippen MR) is 118 cm³/mol. The van der Waals surface area contributed by atoms with E-state index in [0.717, 1.165) is 0 Å². The van der Waals surface area contributed by atoms with E-state index in [1.807, 2.05) is 0 Å². The van der Waals surface area contributed by atoms with Crippen LogP contribution in [0.3, 0.4) is 0 Å². The van der Waals surface area contributed by atoms with Gasteiger partial charge >= 0.3 is 37.7 Å². The second kappa shape index (κ2) is 17.0. The second-order valence-electron chi connectivity index (χ2n) is 9.33. The predicted octanol–water partition coefficient (Wildman–Crippen LogP) is 2.15. The summed E-state index contributed by atoms with van der Waals surface area (Å²) < 4.78 is 0. The molecule has 0 saturated carbocycles. The largest absolute Gasteiger partial charge is 1.00 e. The van der Waals surface area contributed by atoms with Gasteiger partial charge in [-0.25, -0.2) is 0 Å². The van der Waals surface area contributed by atoms with Crippen molar-refractivity contribution in [2.24, 2.45) is 0 Å². The van der Waals surface area contributed by atoms with Crippen molar-refractivity contribution in [2.45, 2.75) is 117 Å². The molecule has 26 heavy (non-hydrogen) atoms. The summed E-state index contributed by atoms with van der Waals surface area (Å²) in [6, 6.07) is 0. The third kappa shape index (κ3) is 19.9. The molecule has 0 atom stereocenters. The van der Waals surface area contributed by atoms with Crippen LogP contribution in [-0.4, -0.2) is 16.1 Å². The molecule has 0 fully saturated rings. The van der Waals surface area contributed by atoms with Gasteiger partial charge in [0.2, 0.25) is 0 Å². The number of unbranched alkanes of at least 4 members (excludes halogenated alkanes) is 6. The Morgan fingerprint density at radius 1 is 0.538 bits per heavy atom. The van der Waals surface area contributed by atoms with Crippen LogP contribution < -0.4 is 37.7 Å². The van der Waals surface area contributed by atoms with Crippen molar-refractivity contribution in [1.82, 2.24) is 0 Å². The summed E-state index contributed by atoms with van der Waals surface area (Å²) in [6.45, 7) is 19.1. The van der Waals surface area contributed by atoms with Gasteiger partial charge in [-0.1, -0.05) is 104 Å². The van der Waals surface area contributed by atoms with Crippen molar-refractivity contribution < 1.29 is 37.7 Å². The van der Waals surface area contributed by atoms with Gasteiger partial charge in [0.1, 0.15) is 0 Å². The minimum Gasteiger partial charge on any atom is -0.377 e. The van der Waals surface area contributed by atoms with E-state index in [4.69, 9.17) is 0 Å². The van der Waals surface area contributed by atoms with Gasteiger partial charge in [-0.2, -0.15) is 0 Å². The maximum atomic E-state index is 3.97. The summed E-state index contributed by atoms with van der Waals surface area (Å²) >= 11 is 0. The molecule has 0 aliphatic carbocycles. The molecule has 4 heteroatoms.